The topological polar surface area (TPSA) is 56.5 Å². The summed E-state index contributed by atoms with van der Waals surface area (Å²) in [4.78, 5) is 24.9. The first kappa shape index (κ1) is 19.7. The third-order valence-electron chi connectivity index (χ3n) is 5.56. The molecule has 4 nitrogen and oxygen atoms in total. The predicted octanol–water partition coefficient (Wildman–Crippen LogP) is 5.42. The zero-order chi connectivity index (χ0) is 20.5. The Balaban J connectivity index is 1.60. The van der Waals surface area contributed by atoms with Gasteiger partial charge in [-0.15, -0.1) is 0 Å². The molecule has 3 aromatic rings. The first-order valence-electron chi connectivity index (χ1n) is 9.93. The summed E-state index contributed by atoms with van der Waals surface area (Å²) in [6.45, 7) is 4.00. The Kier molecular flexibility index (Phi) is 5.46. The second-order valence-corrected chi connectivity index (χ2v) is 8.38. The lowest BCUT2D eigenvalue weighted by Crippen LogP contribution is -2.21. The summed E-state index contributed by atoms with van der Waals surface area (Å²) in [5.41, 5.74) is 4.18. The van der Waals surface area contributed by atoms with Gasteiger partial charge in [0.25, 0.3) is 0 Å². The zero-order valence-corrected chi connectivity index (χ0v) is 17.3. The molecule has 0 aliphatic heterocycles. The average molecular weight is 411 g/mol. The fourth-order valence-electron chi connectivity index (χ4n) is 4.12. The number of benzene rings is 2. The summed E-state index contributed by atoms with van der Waals surface area (Å²) in [7, 11) is 0. The molecule has 0 N–H and O–H groups in total. The van der Waals surface area contributed by atoms with Crippen LogP contribution in [-0.2, 0) is 29.0 Å². The summed E-state index contributed by atoms with van der Waals surface area (Å²) in [5, 5.41) is 1.46. The summed E-state index contributed by atoms with van der Waals surface area (Å²) < 4.78 is 11.1. The van der Waals surface area contributed by atoms with Crippen LogP contribution in [0.4, 0.5) is 0 Å². The highest BCUT2D eigenvalue weighted by atomic mass is 35.5. The number of hydrogen-bond acceptors (Lipinski definition) is 4. The van der Waals surface area contributed by atoms with Crippen LogP contribution in [0.15, 0.2) is 51.7 Å². The summed E-state index contributed by atoms with van der Waals surface area (Å²) in [6, 6.07) is 12.7. The number of rotatable bonds is 5. The van der Waals surface area contributed by atoms with E-state index in [1.54, 1.807) is 12.1 Å². The fourth-order valence-corrected chi connectivity index (χ4v) is 4.24. The minimum absolute atomic E-state index is 0.0382. The van der Waals surface area contributed by atoms with Crippen molar-refractivity contribution in [1.29, 1.82) is 0 Å². The van der Waals surface area contributed by atoms with Gasteiger partial charge in [-0.05, 0) is 66.1 Å². The molecule has 0 amide bonds. The molecule has 0 bridgehead atoms. The number of carbonyl (C=O) groups is 1. The van der Waals surface area contributed by atoms with Crippen molar-refractivity contribution in [2.75, 3.05) is 0 Å². The van der Waals surface area contributed by atoms with Crippen LogP contribution < -0.4 is 5.63 Å². The minimum Gasteiger partial charge on any atom is -0.460 e. The van der Waals surface area contributed by atoms with Crippen molar-refractivity contribution >= 4 is 28.5 Å². The number of aryl methyl sites for hydroxylation is 2. The molecule has 2 aromatic carbocycles. The van der Waals surface area contributed by atoms with Crippen LogP contribution in [0, 0.1) is 5.92 Å². The molecule has 0 radical (unpaired) electrons. The maximum absolute atomic E-state index is 12.9. The van der Waals surface area contributed by atoms with Crippen LogP contribution >= 0.6 is 11.6 Å². The Morgan fingerprint density at radius 2 is 1.79 bits per heavy atom. The fraction of sp³-hybridized carbons (Fsp3) is 0.333. The number of fused-ring (bicyclic) bond motifs is 2. The van der Waals surface area contributed by atoms with Crippen molar-refractivity contribution in [1.82, 2.24) is 0 Å². The maximum atomic E-state index is 12.9. The van der Waals surface area contributed by atoms with E-state index in [1.807, 2.05) is 32.0 Å². The number of halogens is 1. The highest BCUT2D eigenvalue weighted by Crippen LogP contribution is 2.30. The quantitative estimate of drug-likeness (QED) is 0.416. The Bertz CT molecular complexity index is 1110. The van der Waals surface area contributed by atoms with Gasteiger partial charge in [0.2, 0.25) is 0 Å². The third kappa shape index (κ3) is 4.08. The van der Waals surface area contributed by atoms with Crippen molar-refractivity contribution in [3.05, 3.63) is 80.2 Å². The van der Waals surface area contributed by atoms with Crippen LogP contribution in [-0.4, -0.2) is 5.97 Å². The molecule has 0 saturated heterocycles. The van der Waals surface area contributed by atoms with Gasteiger partial charge >= 0.3 is 11.6 Å². The van der Waals surface area contributed by atoms with E-state index in [0.717, 1.165) is 30.2 Å². The van der Waals surface area contributed by atoms with E-state index in [9.17, 15) is 9.59 Å². The van der Waals surface area contributed by atoms with Crippen molar-refractivity contribution < 1.29 is 13.9 Å². The first-order valence-corrected chi connectivity index (χ1v) is 10.3. The number of ether oxygens (including phenoxy) is 1. The van der Waals surface area contributed by atoms with Crippen molar-refractivity contribution in [3.63, 3.8) is 0 Å². The van der Waals surface area contributed by atoms with Gasteiger partial charge in [-0.3, -0.25) is 4.79 Å². The first-order chi connectivity index (χ1) is 13.9. The lowest BCUT2D eigenvalue weighted by Gasteiger charge is -2.20. The van der Waals surface area contributed by atoms with E-state index in [2.05, 4.69) is 6.07 Å². The summed E-state index contributed by atoms with van der Waals surface area (Å²) in [6.07, 6.45) is 3.14. The lowest BCUT2D eigenvalue weighted by molar-refractivity contribution is -0.147. The Morgan fingerprint density at radius 3 is 2.48 bits per heavy atom. The van der Waals surface area contributed by atoms with Gasteiger partial charge in [0.05, 0.1) is 5.92 Å². The smallest absolute Gasteiger partial charge is 0.336 e. The van der Waals surface area contributed by atoms with E-state index >= 15 is 0 Å². The lowest BCUT2D eigenvalue weighted by atomic mass is 9.88. The highest BCUT2D eigenvalue weighted by Gasteiger charge is 2.26. The highest BCUT2D eigenvalue weighted by molar-refractivity contribution is 6.30. The molecule has 1 aromatic heterocycles. The maximum Gasteiger partial charge on any atom is 0.336 e. The van der Waals surface area contributed by atoms with Gasteiger partial charge in [0.1, 0.15) is 12.2 Å². The van der Waals surface area contributed by atoms with Gasteiger partial charge in [0, 0.05) is 22.0 Å². The number of hydrogen-bond donors (Lipinski definition) is 0. The van der Waals surface area contributed by atoms with Gasteiger partial charge in [0.15, 0.2) is 0 Å². The second-order valence-electron chi connectivity index (χ2n) is 7.94. The number of esters is 1. The SMILES string of the molecule is CC(C)[C@@H](C(=O)OCc1cc(=O)oc2cc3c(cc12)CCC3)c1ccc(Cl)cc1. The van der Waals surface area contributed by atoms with E-state index in [1.165, 1.54) is 17.2 Å². The van der Waals surface area contributed by atoms with Gasteiger partial charge in [-0.25, -0.2) is 4.79 Å². The van der Waals surface area contributed by atoms with E-state index in [0.29, 0.717) is 16.2 Å². The van der Waals surface area contributed by atoms with E-state index < -0.39 is 11.5 Å². The Labute approximate surface area is 174 Å². The minimum atomic E-state index is -0.431. The Hall–Kier alpha value is -2.59. The molecule has 0 saturated carbocycles. The standard InChI is InChI=1S/C24H23ClO4/c1-14(2)23(15-6-8-19(25)9-7-15)24(27)28-13-18-12-22(26)29-21-11-17-5-3-4-16(17)10-20(18)21/h6-12,14,23H,3-5,13H2,1-2H3/t23-/m1/s1. The summed E-state index contributed by atoms with van der Waals surface area (Å²) in [5.74, 6) is -0.655. The van der Waals surface area contributed by atoms with Crippen molar-refractivity contribution in [2.24, 2.45) is 5.92 Å². The van der Waals surface area contributed by atoms with Crippen LogP contribution in [0.2, 0.25) is 5.02 Å². The van der Waals surface area contributed by atoms with Crippen molar-refractivity contribution in [2.45, 2.75) is 45.6 Å². The molecule has 4 rings (SSSR count). The second kappa shape index (κ2) is 8.03. The van der Waals surface area contributed by atoms with Crippen LogP contribution in [0.25, 0.3) is 11.0 Å². The molecule has 0 spiro atoms. The molecule has 1 atom stereocenters. The molecular weight excluding hydrogens is 388 g/mol. The third-order valence-corrected chi connectivity index (χ3v) is 5.81. The molecular formula is C24H23ClO4. The normalized spacial score (nSPS) is 14.2. The Morgan fingerprint density at radius 1 is 1.10 bits per heavy atom. The van der Waals surface area contributed by atoms with Gasteiger partial charge in [-0.2, -0.15) is 0 Å². The average Bonchev–Trinajstić information content (AvgIpc) is 3.13. The molecule has 0 unspecified atom stereocenters. The molecule has 1 aliphatic carbocycles. The molecule has 1 aliphatic rings. The van der Waals surface area contributed by atoms with E-state index in [-0.39, 0.29) is 18.5 Å². The van der Waals surface area contributed by atoms with Crippen molar-refractivity contribution in [3.8, 4) is 0 Å². The monoisotopic (exact) mass is 410 g/mol. The van der Waals surface area contributed by atoms with Crippen LogP contribution in [0.5, 0.6) is 0 Å². The van der Waals surface area contributed by atoms with Crippen LogP contribution in [0.3, 0.4) is 0 Å². The van der Waals surface area contributed by atoms with Gasteiger partial charge in [-0.1, -0.05) is 37.6 Å². The molecule has 29 heavy (non-hydrogen) atoms. The van der Waals surface area contributed by atoms with E-state index in [4.69, 9.17) is 20.8 Å². The molecule has 0 fully saturated rings. The predicted molar refractivity (Wildman–Crippen MR) is 113 cm³/mol. The largest absolute Gasteiger partial charge is 0.460 e. The molecule has 150 valence electrons. The number of carbonyl (C=O) groups excluding carboxylic acids is 1. The van der Waals surface area contributed by atoms with Crippen LogP contribution in [0.1, 0.15) is 48.4 Å². The van der Waals surface area contributed by atoms with Gasteiger partial charge < -0.3 is 9.15 Å². The molecule has 1 heterocycles. The summed E-state index contributed by atoms with van der Waals surface area (Å²) >= 11 is 5.97. The zero-order valence-electron chi connectivity index (χ0n) is 16.5. The molecule has 5 heteroatoms.